The van der Waals surface area contributed by atoms with Crippen molar-refractivity contribution in [3.05, 3.63) is 35.9 Å². The van der Waals surface area contributed by atoms with E-state index in [2.05, 4.69) is 22.3 Å². The highest BCUT2D eigenvalue weighted by atomic mass is 16.3. The SMILES string of the molecule is CC(C)(C)NC(=O)C[C@@H]1CC2CCCC2N1C[C@@H](O)[C@@H](N)Cc1ccccc1. The number of nitrogens with one attached hydrogen (secondary N) is 1. The summed E-state index contributed by atoms with van der Waals surface area (Å²) in [6.07, 6.45) is 5.30. The lowest BCUT2D eigenvalue weighted by molar-refractivity contribution is -0.123. The summed E-state index contributed by atoms with van der Waals surface area (Å²) >= 11 is 0. The molecule has 1 aromatic rings. The molecule has 2 aliphatic rings. The predicted molar refractivity (Wildman–Crippen MR) is 113 cm³/mol. The van der Waals surface area contributed by atoms with Gasteiger partial charge in [-0.3, -0.25) is 9.69 Å². The molecule has 5 heteroatoms. The highest BCUT2D eigenvalue weighted by molar-refractivity contribution is 5.77. The maximum atomic E-state index is 12.5. The maximum Gasteiger partial charge on any atom is 0.221 e. The highest BCUT2D eigenvalue weighted by Crippen LogP contribution is 2.42. The largest absolute Gasteiger partial charge is 0.390 e. The molecule has 5 nitrogen and oxygen atoms in total. The maximum absolute atomic E-state index is 12.5. The van der Waals surface area contributed by atoms with Crippen molar-refractivity contribution in [1.29, 1.82) is 0 Å². The van der Waals surface area contributed by atoms with Gasteiger partial charge in [0.25, 0.3) is 0 Å². The molecule has 0 spiro atoms. The third kappa shape index (κ3) is 5.56. The molecule has 4 N–H and O–H groups in total. The smallest absolute Gasteiger partial charge is 0.221 e. The molecule has 1 saturated carbocycles. The molecule has 2 unspecified atom stereocenters. The van der Waals surface area contributed by atoms with E-state index in [9.17, 15) is 9.90 Å². The molecule has 0 radical (unpaired) electrons. The molecule has 3 rings (SSSR count). The molecule has 1 amide bonds. The summed E-state index contributed by atoms with van der Waals surface area (Å²) in [5.41, 5.74) is 7.27. The number of benzene rings is 1. The Labute approximate surface area is 169 Å². The second-order valence-corrected chi connectivity index (χ2v) is 9.77. The number of hydrogen-bond acceptors (Lipinski definition) is 4. The first-order chi connectivity index (χ1) is 13.2. The fourth-order valence-corrected chi connectivity index (χ4v) is 5.03. The zero-order valence-electron chi connectivity index (χ0n) is 17.6. The normalized spacial score (nSPS) is 27.4. The van der Waals surface area contributed by atoms with Gasteiger partial charge in [-0.2, -0.15) is 0 Å². The number of hydrogen-bond donors (Lipinski definition) is 3. The van der Waals surface area contributed by atoms with Crippen LogP contribution in [0, 0.1) is 5.92 Å². The summed E-state index contributed by atoms with van der Waals surface area (Å²) < 4.78 is 0. The summed E-state index contributed by atoms with van der Waals surface area (Å²) in [4.78, 5) is 14.9. The number of aliphatic hydroxyl groups is 1. The van der Waals surface area contributed by atoms with Gasteiger partial charge in [0.2, 0.25) is 5.91 Å². The Morgan fingerprint density at radius 1 is 1.29 bits per heavy atom. The minimum absolute atomic E-state index is 0.102. The van der Waals surface area contributed by atoms with Gasteiger partial charge in [0.15, 0.2) is 0 Å². The summed E-state index contributed by atoms with van der Waals surface area (Å²) in [6, 6.07) is 10.5. The van der Waals surface area contributed by atoms with Crippen molar-refractivity contribution < 1.29 is 9.90 Å². The Bertz CT molecular complexity index is 643. The number of carbonyl (C=O) groups is 1. The van der Waals surface area contributed by atoms with Gasteiger partial charge in [0.1, 0.15) is 0 Å². The lowest BCUT2D eigenvalue weighted by atomic mass is 10.00. The number of likely N-dealkylation sites (tertiary alicyclic amines) is 1. The average molecular weight is 388 g/mol. The van der Waals surface area contributed by atoms with Crippen molar-refractivity contribution in [3.63, 3.8) is 0 Å². The van der Waals surface area contributed by atoms with E-state index in [-0.39, 0.29) is 23.5 Å². The van der Waals surface area contributed by atoms with Crippen LogP contribution in [0.1, 0.15) is 58.4 Å². The monoisotopic (exact) mass is 387 g/mol. The number of β-amino-alcohol motifs (C(OH)–C–C–N with tert-alkyl or cyclic N) is 1. The van der Waals surface area contributed by atoms with Crippen LogP contribution in [0.4, 0.5) is 0 Å². The van der Waals surface area contributed by atoms with Gasteiger partial charge in [0, 0.05) is 36.6 Å². The number of rotatable bonds is 7. The van der Waals surface area contributed by atoms with E-state index in [1.54, 1.807) is 0 Å². The summed E-state index contributed by atoms with van der Waals surface area (Å²) in [7, 11) is 0. The molecule has 28 heavy (non-hydrogen) atoms. The molecule has 1 aliphatic carbocycles. The van der Waals surface area contributed by atoms with Crippen LogP contribution in [-0.2, 0) is 11.2 Å². The van der Waals surface area contributed by atoms with Gasteiger partial charge in [-0.05, 0) is 57.9 Å². The summed E-state index contributed by atoms with van der Waals surface area (Å²) in [5, 5.41) is 13.9. The molecule has 1 aliphatic heterocycles. The van der Waals surface area contributed by atoms with Crippen molar-refractivity contribution in [2.45, 2.75) is 89.1 Å². The molecule has 1 saturated heterocycles. The highest BCUT2D eigenvalue weighted by Gasteiger charge is 2.44. The quantitative estimate of drug-likeness (QED) is 0.672. The Hall–Kier alpha value is -1.43. The fraction of sp³-hybridized carbons (Fsp3) is 0.696. The number of nitrogens with zero attached hydrogens (tertiary/aromatic N) is 1. The number of amides is 1. The summed E-state index contributed by atoms with van der Waals surface area (Å²) in [5.74, 6) is 0.760. The van der Waals surface area contributed by atoms with E-state index < -0.39 is 6.10 Å². The Balaban J connectivity index is 1.61. The number of carbonyl (C=O) groups excluding carboxylic acids is 1. The third-order valence-corrected chi connectivity index (χ3v) is 6.23. The first-order valence-corrected chi connectivity index (χ1v) is 10.8. The van der Waals surface area contributed by atoms with Crippen LogP contribution in [0.5, 0.6) is 0 Å². The van der Waals surface area contributed by atoms with Gasteiger partial charge in [-0.25, -0.2) is 0 Å². The molecule has 2 fully saturated rings. The van der Waals surface area contributed by atoms with E-state index in [0.29, 0.717) is 31.3 Å². The first kappa shape index (κ1) is 21.3. The molecule has 0 aromatic heterocycles. The number of aliphatic hydroxyl groups excluding tert-OH is 1. The first-order valence-electron chi connectivity index (χ1n) is 10.8. The van der Waals surface area contributed by atoms with E-state index in [0.717, 1.165) is 12.0 Å². The molecule has 1 heterocycles. The Morgan fingerprint density at radius 2 is 2.00 bits per heavy atom. The molecular weight excluding hydrogens is 350 g/mol. The predicted octanol–water partition coefficient (Wildman–Crippen LogP) is 2.47. The van der Waals surface area contributed by atoms with Crippen LogP contribution in [0.2, 0.25) is 0 Å². The third-order valence-electron chi connectivity index (χ3n) is 6.23. The summed E-state index contributed by atoms with van der Waals surface area (Å²) in [6.45, 7) is 6.60. The second kappa shape index (κ2) is 8.93. The van der Waals surface area contributed by atoms with Crippen LogP contribution in [0.25, 0.3) is 0 Å². The fourth-order valence-electron chi connectivity index (χ4n) is 5.03. The van der Waals surface area contributed by atoms with Crippen molar-refractivity contribution in [1.82, 2.24) is 10.2 Å². The average Bonchev–Trinajstić information content (AvgIpc) is 3.17. The topological polar surface area (TPSA) is 78.6 Å². The van der Waals surface area contributed by atoms with Crippen molar-refractivity contribution in [2.75, 3.05) is 6.54 Å². The standard InChI is InChI=1S/C23H37N3O2/c1-23(2,3)25-22(28)14-18-13-17-10-7-11-20(17)26(18)15-21(27)19(24)12-16-8-5-4-6-9-16/h4-6,8-9,17-21,27H,7,10-15,24H2,1-3H3,(H,25,28)/t17?,18-,19-,20?,21+/m0/s1. The lowest BCUT2D eigenvalue weighted by Crippen LogP contribution is -2.50. The zero-order valence-corrected chi connectivity index (χ0v) is 17.6. The van der Waals surface area contributed by atoms with Gasteiger partial charge < -0.3 is 16.2 Å². The van der Waals surface area contributed by atoms with Gasteiger partial charge >= 0.3 is 0 Å². The van der Waals surface area contributed by atoms with E-state index in [1.807, 2.05) is 39.0 Å². The molecule has 1 aromatic carbocycles. The number of fused-ring (bicyclic) bond motifs is 1. The molecular formula is C23H37N3O2. The minimum atomic E-state index is -0.590. The van der Waals surface area contributed by atoms with Crippen LogP contribution in [-0.4, -0.2) is 52.2 Å². The molecule has 5 atom stereocenters. The minimum Gasteiger partial charge on any atom is -0.390 e. The van der Waals surface area contributed by atoms with Crippen molar-refractivity contribution in [2.24, 2.45) is 11.7 Å². The Morgan fingerprint density at radius 3 is 2.68 bits per heavy atom. The van der Waals surface area contributed by atoms with Crippen LogP contribution in [0.3, 0.4) is 0 Å². The number of nitrogens with two attached hydrogens (primary N) is 1. The lowest BCUT2D eigenvalue weighted by Gasteiger charge is -2.33. The molecule has 0 bridgehead atoms. The van der Waals surface area contributed by atoms with E-state index in [1.165, 1.54) is 19.3 Å². The van der Waals surface area contributed by atoms with Crippen molar-refractivity contribution >= 4 is 5.91 Å². The van der Waals surface area contributed by atoms with E-state index in [4.69, 9.17) is 5.73 Å². The van der Waals surface area contributed by atoms with Crippen LogP contribution < -0.4 is 11.1 Å². The van der Waals surface area contributed by atoms with Gasteiger partial charge in [-0.1, -0.05) is 36.8 Å². The van der Waals surface area contributed by atoms with E-state index >= 15 is 0 Å². The van der Waals surface area contributed by atoms with Crippen molar-refractivity contribution in [3.8, 4) is 0 Å². The van der Waals surface area contributed by atoms with Crippen LogP contribution >= 0.6 is 0 Å². The van der Waals surface area contributed by atoms with Crippen LogP contribution in [0.15, 0.2) is 30.3 Å². The van der Waals surface area contributed by atoms with Gasteiger partial charge in [-0.15, -0.1) is 0 Å². The Kier molecular flexibility index (Phi) is 6.79. The molecule has 156 valence electrons. The zero-order chi connectivity index (χ0) is 20.3. The second-order valence-electron chi connectivity index (χ2n) is 9.77. The van der Waals surface area contributed by atoms with Gasteiger partial charge in [0.05, 0.1) is 6.10 Å².